The highest BCUT2D eigenvalue weighted by molar-refractivity contribution is 5.75. The molecule has 1 saturated carbocycles. The Hall–Kier alpha value is -1.03. The van der Waals surface area contributed by atoms with Crippen molar-refractivity contribution >= 4 is 5.97 Å². The van der Waals surface area contributed by atoms with Crippen molar-refractivity contribution in [3.05, 3.63) is 11.1 Å². The first-order valence-electron chi connectivity index (χ1n) is 10.6. The zero-order chi connectivity index (χ0) is 21.1. The Labute approximate surface area is 170 Å². The van der Waals surface area contributed by atoms with Crippen LogP contribution in [0.15, 0.2) is 11.1 Å². The van der Waals surface area contributed by atoms with Crippen molar-refractivity contribution in [3.63, 3.8) is 0 Å². The number of carbonyl (C=O) groups excluding carboxylic acids is 1. The Morgan fingerprint density at radius 2 is 1.83 bits per heavy atom. The maximum Gasteiger partial charge on any atom is 0.309 e. The van der Waals surface area contributed by atoms with E-state index >= 15 is 0 Å². The van der Waals surface area contributed by atoms with Gasteiger partial charge in [-0.3, -0.25) is 4.79 Å². The maximum atomic E-state index is 12.2. The normalized spacial score (nSPS) is 50.2. The molecule has 10 atom stereocenters. The first-order chi connectivity index (χ1) is 13.7. The predicted molar refractivity (Wildman–Crippen MR) is 100 cm³/mol. The van der Waals surface area contributed by atoms with Crippen molar-refractivity contribution in [1.29, 1.82) is 0 Å². The third kappa shape index (κ3) is 3.34. The van der Waals surface area contributed by atoms with E-state index < -0.39 is 37.3 Å². The highest BCUT2D eigenvalue weighted by atomic mass is 16.7. The quantitative estimate of drug-likeness (QED) is 0.384. The average Bonchev–Trinajstić information content (AvgIpc) is 2.97. The minimum absolute atomic E-state index is 0.0508. The van der Waals surface area contributed by atoms with Gasteiger partial charge in [0.15, 0.2) is 6.29 Å². The monoisotopic (exact) mass is 412 g/mol. The van der Waals surface area contributed by atoms with Crippen LogP contribution in [0.5, 0.6) is 0 Å². The third-order valence-electron chi connectivity index (χ3n) is 7.62. The highest BCUT2D eigenvalue weighted by Gasteiger charge is 2.54. The summed E-state index contributed by atoms with van der Waals surface area (Å²) in [4.78, 5) is 12.2. The first kappa shape index (κ1) is 21.2. The predicted octanol–water partition coefficient (Wildman–Crippen LogP) is 0.260. The summed E-state index contributed by atoms with van der Waals surface area (Å²) in [5, 5.41) is 39.7. The van der Waals surface area contributed by atoms with Crippen LogP contribution in [0.2, 0.25) is 0 Å². The van der Waals surface area contributed by atoms with E-state index in [2.05, 4.69) is 6.92 Å². The smallest absolute Gasteiger partial charge is 0.309 e. The van der Waals surface area contributed by atoms with E-state index in [1.165, 1.54) is 0 Å². The molecule has 2 heterocycles. The van der Waals surface area contributed by atoms with Gasteiger partial charge in [-0.2, -0.15) is 0 Å². The number of esters is 1. The lowest BCUT2D eigenvalue weighted by molar-refractivity contribution is -0.309. The highest BCUT2D eigenvalue weighted by Crippen LogP contribution is 2.55. The maximum absolute atomic E-state index is 12.2. The molecular formula is C21H32O8. The van der Waals surface area contributed by atoms with Gasteiger partial charge in [-0.15, -0.1) is 0 Å². The summed E-state index contributed by atoms with van der Waals surface area (Å²) in [6, 6.07) is 0. The largest absolute Gasteiger partial charge is 0.457 e. The first-order valence-corrected chi connectivity index (χ1v) is 10.6. The van der Waals surface area contributed by atoms with Gasteiger partial charge < -0.3 is 34.6 Å². The van der Waals surface area contributed by atoms with Crippen molar-refractivity contribution in [2.45, 2.75) is 89.4 Å². The van der Waals surface area contributed by atoms with Crippen molar-refractivity contribution in [2.75, 3.05) is 6.61 Å². The molecule has 0 amide bonds. The minimum Gasteiger partial charge on any atom is -0.457 e. The van der Waals surface area contributed by atoms with E-state index in [0.717, 1.165) is 30.4 Å². The van der Waals surface area contributed by atoms with Gasteiger partial charge in [0.1, 0.15) is 30.5 Å². The van der Waals surface area contributed by atoms with Gasteiger partial charge in [-0.1, -0.05) is 13.8 Å². The number of aliphatic hydroxyl groups is 4. The summed E-state index contributed by atoms with van der Waals surface area (Å²) in [7, 11) is 0. The standard InChI is InChI=1S/C21H32O8/c1-9-11-4-6-21(3)7-5-12(10(2)14(21)18(11)29-19(9)26)27-20-17(25)16(24)15(23)13(8-22)28-20/h9,11-13,15-18,20,22-25H,4-8H2,1-3H3/t9-,11-,12-,13-,15-,16+,17-,18-,20-,21-/m0/s1. The van der Waals surface area contributed by atoms with Crippen molar-refractivity contribution in [1.82, 2.24) is 0 Å². The topological polar surface area (TPSA) is 126 Å². The summed E-state index contributed by atoms with van der Waals surface area (Å²) in [6.07, 6.45) is -3.56. The van der Waals surface area contributed by atoms with Crippen LogP contribution in [0.4, 0.5) is 0 Å². The second-order valence-corrected chi connectivity index (χ2v) is 9.37. The fourth-order valence-electron chi connectivity index (χ4n) is 5.71. The Morgan fingerprint density at radius 1 is 1.14 bits per heavy atom. The van der Waals surface area contributed by atoms with Crippen LogP contribution in [-0.4, -0.2) is 75.9 Å². The molecule has 4 aliphatic rings. The summed E-state index contributed by atoms with van der Waals surface area (Å²) in [6.45, 7) is 5.62. The van der Waals surface area contributed by atoms with Crippen LogP contribution in [0.25, 0.3) is 0 Å². The van der Waals surface area contributed by atoms with Crippen LogP contribution >= 0.6 is 0 Å². The van der Waals surface area contributed by atoms with Gasteiger partial charge in [-0.25, -0.2) is 0 Å². The van der Waals surface area contributed by atoms with E-state index in [0.29, 0.717) is 6.42 Å². The molecule has 4 rings (SSSR count). The van der Waals surface area contributed by atoms with Crippen LogP contribution in [-0.2, 0) is 19.0 Å². The Morgan fingerprint density at radius 3 is 2.52 bits per heavy atom. The lowest BCUT2D eigenvalue weighted by Crippen LogP contribution is -2.60. The lowest BCUT2D eigenvalue weighted by Gasteiger charge is -2.49. The molecule has 2 aliphatic heterocycles. The number of hydrogen-bond acceptors (Lipinski definition) is 8. The molecule has 0 unspecified atom stereocenters. The average molecular weight is 412 g/mol. The summed E-state index contributed by atoms with van der Waals surface area (Å²) in [5.74, 6) is -0.0929. The molecule has 0 radical (unpaired) electrons. The molecule has 0 bridgehead atoms. The van der Waals surface area contributed by atoms with E-state index in [1.54, 1.807) is 0 Å². The second-order valence-electron chi connectivity index (χ2n) is 9.37. The minimum atomic E-state index is -1.47. The molecule has 3 fully saturated rings. The fourth-order valence-corrected chi connectivity index (χ4v) is 5.71. The molecule has 8 nitrogen and oxygen atoms in total. The molecule has 4 N–H and O–H groups in total. The SMILES string of the molecule is CC1=C2[C@H]3OC(=O)[C@@H](C)[C@@H]3CC[C@@]2(C)CC[C@@H]1O[C@H]1O[C@@H](CO)[C@H](O)[C@@H](O)[C@@H]1O. The molecule has 2 saturated heterocycles. The summed E-state index contributed by atoms with van der Waals surface area (Å²) >= 11 is 0. The number of hydrogen-bond donors (Lipinski definition) is 4. The summed E-state index contributed by atoms with van der Waals surface area (Å²) in [5.41, 5.74) is 2.05. The van der Waals surface area contributed by atoms with Gasteiger partial charge in [0.05, 0.1) is 18.6 Å². The van der Waals surface area contributed by atoms with E-state index in [9.17, 15) is 25.2 Å². The number of aliphatic hydroxyl groups excluding tert-OH is 4. The Balaban J connectivity index is 1.59. The van der Waals surface area contributed by atoms with Crippen molar-refractivity contribution in [2.24, 2.45) is 17.3 Å². The fraction of sp³-hybridized carbons (Fsp3) is 0.857. The number of fused-ring (bicyclic) bond motifs is 3. The third-order valence-corrected chi connectivity index (χ3v) is 7.62. The molecule has 0 spiro atoms. The Kier molecular flexibility index (Phi) is 5.55. The number of rotatable bonds is 3. The van der Waals surface area contributed by atoms with Crippen LogP contribution in [0.3, 0.4) is 0 Å². The van der Waals surface area contributed by atoms with Crippen molar-refractivity contribution in [3.8, 4) is 0 Å². The van der Waals surface area contributed by atoms with Gasteiger partial charge in [0, 0.05) is 5.92 Å². The van der Waals surface area contributed by atoms with Gasteiger partial charge in [0.2, 0.25) is 0 Å². The van der Waals surface area contributed by atoms with Gasteiger partial charge >= 0.3 is 5.97 Å². The van der Waals surface area contributed by atoms with E-state index in [4.69, 9.17) is 14.2 Å². The molecule has 164 valence electrons. The molecular weight excluding hydrogens is 380 g/mol. The zero-order valence-corrected chi connectivity index (χ0v) is 17.2. The Bertz CT molecular complexity index is 690. The second kappa shape index (κ2) is 7.59. The van der Waals surface area contributed by atoms with E-state index in [1.807, 2.05) is 13.8 Å². The molecule has 0 aromatic heterocycles. The molecule has 29 heavy (non-hydrogen) atoms. The molecule has 0 aromatic carbocycles. The summed E-state index contributed by atoms with van der Waals surface area (Å²) < 4.78 is 17.3. The molecule has 8 heteroatoms. The van der Waals surface area contributed by atoms with Gasteiger partial charge in [0.25, 0.3) is 0 Å². The van der Waals surface area contributed by atoms with E-state index in [-0.39, 0.29) is 35.4 Å². The lowest BCUT2D eigenvalue weighted by atomic mass is 9.59. The zero-order valence-electron chi connectivity index (χ0n) is 17.2. The van der Waals surface area contributed by atoms with Crippen LogP contribution < -0.4 is 0 Å². The molecule has 2 aliphatic carbocycles. The number of carbonyl (C=O) groups is 1. The number of ether oxygens (including phenoxy) is 3. The van der Waals surface area contributed by atoms with Gasteiger partial charge in [-0.05, 0) is 49.2 Å². The van der Waals surface area contributed by atoms with Crippen molar-refractivity contribution < 1.29 is 39.4 Å². The van der Waals surface area contributed by atoms with Crippen LogP contribution in [0, 0.1) is 17.3 Å². The van der Waals surface area contributed by atoms with Crippen LogP contribution in [0.1, 0.15) is 46.5 Å². The molecule has 0 aromatic rings.